The summed E-state index contributed by atoms with van der Waals surface area (Å²) in [4.78, 5) is 13.0. The molecule has 0 radical (unpaired) electrons. The van der Waals surface area contributed by atoms with E-state index in [0.29, 0.717) is 23.5 Å². The zero-order valence-corrected chi connectivity index (χ0v) is 18.6. The molecular formula is C25H26N2O3S. The predicted octanol–water partition coefficient (Wildman–Crippen LogP) is 5.01. The fraction of sp³-hybridized carbons (Fsp3) is 0.240. The largest absolute Gasteiger partial charge is 0.322 e. The second-order valence-corrected chi connectivity index (χ2v) is 9.91. The molecular weight excluding hydrogens is 408 g/mol. The highest BCUT2D eigenvalue weighted by Gasteiger charge is 2.26. The van der Waals surface area contributed by atoms with Crippen molar-refractivity contribution >= 4 is 21.6 Å². The topological polar surface area (TPSA) is 66.5 Å². The van der Waals surface area contributed by atoms with Crippen molar-refractivity contribution < 1.29 is 13.2 Å². The summed E-state index contributed by atoms with van der Waals surface area (Å²) in [5.41, 5.74) is 5.32. The molecule has 1 aliphatic rings. The summed E-state index contributed by atoms with van der Waals surface area (Å²) in [6.07, 6.45) is 1.82. The number of nitrogens with zero attached hydrogens (tertiary/aromatic N) is 1. The van der Waals surface area contributed by atoms with Crippen LogP contribution < -0.4 is 5.32 Å². The van der Waals surface area contributed by atoms with Crippen molar-refractivity contribution in [2.75, 3.05) is 18.4 Å². The number of rotatable bonds is 5. The summed E-state index contributed by atoms with van der Waals surface area (Å²) in [6.45, 7) is 5.22. The number of nitrogens with one attached hydrogen (secondary N) is 1. The fourth-order valence-corrected chi connectivity index (χ4v) is 5.28. The minimum absolute atomic E-state index is 0.182. The molecule has 1 heterocycles. The first-order valence-electron chi connectivity index (χ1n) is 10.4. The molecule has 0 spiro atoms. The highest BCUT2D eigenvalue weighted by atomic mass is 32.2. The minimum Gasteiger partial charge on any atom is -0.322 e. The fourth-order valence-electron chi connectivity index (χ4n) is 3.76. The molecule has 1 fully saturated rings. The van der Waals surface area contributed by atoms with Crippen LogP contribution in [0.25, 0.3) is 11.1 Å². The third kappa shape index (κ3) is 4.55. The lowest BCUT2D eigenvalue weighted by molar-refractivity contribution is 0.102. The van der Waals surface area contributed by atoms with Gasteiger partial charge >= 0.3 is 0 Å². The Morgan fingerprint density at radius 1 is 0.839 bits per heavy atom. The predicted molar refractivity (Wildman–Crippen MR) is 124 cm³/mol. The van der Waals surface area contributed by atoms with E-state index in [1.54, 1.807) is 34.6 Å². The molecule has 0 unspecified atom stereocenters. The third-order valence-corrected chi connectivity index (χ3v) is 7.69. The second kappa shape index (κ2) is 8.65. The summed E-state index contributed by atoms with van der Waals surface area (Å²) in [5, 5.41) is 2.94. The standard InChI is InChI=1S/C25H26N2O3S/c1-18-8-11-23(16-19(18)2)26-25(28)22-7-5-6-21(17-22)20-9-12-24(13-10-20)31(29,30)27-14-3-4-15-27/h5-13,16-17H,3-4,14-15H2,1-2H3,(H,26,28). The van der Waals surface area contributed by atoms with Crippen LogP contribution in [-0.2, 0) is 10.0 Å². The molecule has 1 saturated heterocycles. The van der Waals surface area contributed by atoms with Crippen LogP contribution in [0.5, 0.6) is 0 Å². The molecule has 0 atom stereocenters. The van der Waals surface area contributed by atoms with Gasteiger partial charge in [-0.25, -0.2) is 8.42 Å². The van der Waals surface area contributed by atoms with Gasteiger partial charge in [-0.3, -0.25) is 4.79 Å². The Morgan fingerprint density at radius 2 is 1.55 bits per heavy atom. The lowest BCUT2D eigenvalue weighted by Gasteiger charge is -2.15. The van der Waals surface area contributed by atoms with Crippen molar-refractivity contribution in [2.24, 2.45) is 0 Å². The van der Waals surface area contributed by atoms with Crippen molar-refractivity contribution in [3.63, 3.8) is 0 Å². The van der Waals surface area contributed by atoms with E-state index in [0.717, 1.165) is 35.2 Å². The monoisotopic (exact) mass is 434 g/mol. The average Bonchev–Trinajstić information content (AvgIpc) is 3.32. The van der Waals surface area contributed by atoms with Crippen molar-refractivity contribution in [2.45, 2.75) is 31.6 Å². The quantitative estimate of drug-likeness (QED) is 0.614. The molecule has 0 aromatic heterocycles. The van der Waals surface area contributed by atoms with Gasteiger partial charge in [0.15, 0.2) is 0 Å². The lowest BCUT2D eigenvalue weighted by Crippen LogP contribution is -2.27. The van der Waals surface area contributed by atoms with Gasteiger partial charge in [-0.05, 0) is 85.3 Å². The Morgan fingerprint density at radius 3 is 2.23 bits per heavy atom. The van der Waals surface area contributed by atoms with E-state index in [1.807, 2.05) is 50.2 Å². The van der Waals surface area contributed by atoms with Crippen LogP contribution in [-0.4, -0.2) is 31.7 Å². The zero-order chi connectivity index (χ0) is 22.0. The summed E-state index contributed by atoms with van der Waals surface area (Å²) < 4.78 is 27.0. The molecule has 1 amide bonds. The molecule has 6 heteroatoms. The van der Waals surface area contributed by atoms with E-state index >= 15 is 0 Å². The van der Waals surface area contributed by atoms with E-state index in [1.165, 1.54) is 5.56 Å². The van der Waals surface area contributed by atoms with Crippen molar-refractivity contribution in [1.82, 2.24) is 4.31 Å². The van der Waals surface area contributed by atoms with E-state index in [4.69, 9.17) is 0 Å². The van der Waals surface area contributed by atoms with Crippen LogP contribution >= 0.6 is 0 Å². The van der Waals surface area contributed by atoms with Gasteiger partial charge in [0.1, 0.15) is 0 Å². The lowest BCUT2D eigenvalue weighted by atomic mass is 10.0. The number of hydrogen-bond acceptors (Lipinski definition) is 3. The highest BCUT2D eigenvalue weighted by molar-refractivity contribution is 7.89. The average molecular weight is 435 g/mol. The maximum atomic E-state index is 12.7. The van der Waals surface area contributed by atoms with Crippen LogP contribution in [0.15, 0.2) is 71.6 Å². The van der Waals surface area contributed by atoms with Gasteiger partial charge in [-0.1, -0.05) is 30.3 Å². The Labute approximate surface area is 183 Å². The molecule has 3 aromatic carbocycles. The normalized spacial score (nSPS) is 14.5. The van der Waals surface area contributed by atoms with Gasteiger partial charge in [-0.2, -0.15) is 4.31 Å². The first kappa shape index (κ1) is 21.3. The van der Waals surface area contributed by atoms with Crippen molar-refractivity contribution in [3.8, 4) is 11.1 Å². The number of hydrogen-bond donors (Lipinski definition) is 1. The molecule has 160 valence electrons. The molecule has 1 aliphatic heterocycles. The Bertz CT molecular complexity index is 1210. The first-order valence-corrected chi connectivity index (χ1v) is 11.9. The van der Waals surface area contributed by atoms with E-state index in [2.05, 4.69) is 5.32 Å². The Balaban J connectivity index is 1.53. The van der Waals surface area contributed by atoms with E-state index < -0.39 is 10.0 Å². The SMILES string of the molecule is Cc1ccc(NC(=O)c2cccc(-c3ccc(S(=O)(=O)N4CCCC4)cc3)c2)cc1C. The molecule has 0 aliphatic carbocycles. The van der Waals surface area contributed by atoms with Gasteiger partial charge in [0.25, 0.3) is 5.91 Å². The van der Waals surface area contributed by atoms with Gasteiger partial charge in [-0.15, -0.1) is 0 Å². The van der Waals surface area contributed by atoms with Crippen LogP contribution in [0.3, 0.4) is 0 Å². The number of amides is 1. The number of anilines is 1. The molecule has 0 saturated carbocycles. The molecule has 3 aromatic rings. The Hall–Kier alpha value is -2.96. The molecule has 1 N–H and O–H groups in total. The number of sulfonamides is 1. The second-order valence-electron chi connectivity index (χ2n) is 7.97. The number of carbonyl (C=O) groups is 1. The zero-order valence-electron chi connectivity index (χ0n) is 17.8. The van der Waals surface area contributed by atoms with Gasteiger partial charge in [0.2, 0.25) is 10.0 Å². The Kier molecular flexibility index (Phi) is 5.94. The summed E-state index contributed by atoms with van der Waals surface area (Å²) in [5.74, 6) is -0.182. The van der Waals surface area contributed by atoms with Crippen molar-refractivity contribution in [3.05, 3.63) is 83.4 Å². The van der Waals surface area contributed by atoms with Gasteiger partial charge < -0.3 is 5.32 Å². The number of aryl methyl sites for hydroxylation is 2. The van der Waals surface area contributed by atoms with Crippen LogP contribution in [0.4, 0.5) is 5.69 Å². The summed E-state index contributed by atoms with van der Waals surface area (Å²) in [6, 6.07) is 20.0. The molecule has 4 rings (SSSR count). The third-order valence-electron chi connectivity index (χ3n) is 5.78. The molecule has 5 nitrogen and oxygen atoms in total. The summed E-state index contributed by atoms with van der Waals surface area (Å²) in [7, 11) is -3.43. The number of benzene rings is 3. The van der Waals surface area contributed by atoms with E-state index in [-0.39, 0.29) is 5.91 Å². The van der Waals surface area contributed by atoms with Crippen LogP contribution in [0, 0.1) is 13.8 Å². The number of carbonyl (C=O) groups excluding carboxylic acids is 1. The van der Waals surface area contributed by atoms with Crippen molar-refractivity contribution in [1.29, 1.82) is 0 Å². The molecule has 0 bridgehead atoms. The molecule has 31 heavy (non-hydrogen) atoms. The summed E-state index contributed by atoms with van der Waals surface area (Å²) >= 11 is 0. The van der Waals surface area contributed by atoms with Gasteiger partial charge in [0, 0.05) is 24.3 Å². The maximum absolute atomic E-state index is 12.7. The minimum atomic E-state index is -3.43. The maximum Gasteiger partial charge on any atom is 0.255 e. The highest BCUT2D eigenvalue weighted by Crippen LogP contribution is 2.26. The first-order chi connectivity index (χ1) is 14.8. The van der Waals surface area contributed by atoms with Crippen LogP contribution in [0.2, 0.25) is 0 Å². The smallest absolute Gasteiger partial charge is 0.255 e. The van der Waals surface area contributed by atoms with Gasteiger partial charge in [0.05, 0.1) is 4.90 Å². The van der Waals surface area contributed by atoms with Crippen LogP contribution in [0.1, 0.15) is 34.3 Å². The van der Waals surface area contributed by atoms with E-state index in [9.17, 15) is 13.2 Å².